The van der Waals surface area contributed by atoms with E-state index in [2.05, 4.69) is 14.7 Å². The molecule has 1 aromatic heterocycles. The van der Waals surface area contributed by atoms with Crippen LogP contribution in [-0.4, -0.2) is 16.3 Å². The first-order valence-corrected chi connectivity index (χ1v) is 3.00. The van der Waals surface area contributed by atoms with Gasteiger partial charge < -0.3 is 4.52 Å². The van der Waals surface area contributed by atoms with E-state index in [1.54, 1.807) is 0 Å². The Hall–Kier alpha value is -1.21. The molecule has 1 heterocycles. The van der Waals surface area contributed by atoms with Gasteiger partial charge in [0.15, 0.2) is 5.82 Å². The second-order valence-corrected chi connectivity index (χ2v) is 2.22. The van der Waals surface area contributed by atoms with Crippen molar-refractivity contribution in [3.8, 4) is 0 Å². The van der Waals surface area contributed by atoms with Crippen molar-refractivity contribution < 1.29 is 26.5 Å². The molecule has 0 N–H and O–H groups in total. The minimum atomic E-state index is -5.72. The molecule has 1 rings (SSSR count). The van der Waals surface area contributed by atoms with Crippen molar-refractivity contribution in [1.82, 2.24) is 10.1 Å². The molecule has 0 radical (unpaired) electrons. The molecule has 0 aliphatic carbocycles. The Morgan fingerprint density at radius 3 is 2.00 bits per heavy atom. The van der Waals surface area contributed by atoms with Crippen LogP contribution in [-0.2, 0) is 5.92 Å². The maximum Gasteiger partial charge on any atom is 0.463 e. The van der Waals surface area contributed by atoms with E-state index in [1.165, 1.54) is 0 Å². The fourth-order valence-corrected chi connectivity index (χ4v) is 0.546. The topological polar surface area (TPSA) is 38.9 Å². The molecule has 74 valence electrons. The van der Waals surface area contributed by atoms with Crippen LogP contribution in [0.3, 0.4) is 0 Å². The summed E-state index contributed by atoms with van der Waals surface area (Å²) in [5.74, 6) is -7.11. The molecule has 0 saturated heterocycles. The number of rotatable bonds is 1. The molecule has 0 amide bonds. The number of nitrogens with zero attached hydrogens (tertiary/aromatic N) is 2. The van der Waals surface area contributed by atoms with Crippen molar-refractivity contribution in [2.75, 3.05) is 0 Å². The lowest BCUT2D eigenvalue weighted by Gasteiger charge is -2.14. The third kappa shape index (κ3) is 1.61. The Balaban J connectivity index is 3.07. The van der Waals surface area contributed by atoms with Gasteiger partial charge in [-0.1, -0.05) is 5.16 Å². The summed E-state index contributed by atoms with van der Waals surface area (Å²) >= 11 is 0. The standard InChI is InChI=1S/C5H3F5N2O/c1-2-11-3(13-12-2)4(6,7)5(8,9)10/h1H3. The van der Waals surface area contributed by atoms with E-state index in [0.717, 1.165) is 6.92 Å². The molecule has 3 nitrogen and oxygen atoms in total. The minimum absolute atomic E-state index is 0.279. The van der Waals surface area contributed by atoms with Crippen LogP contribution < -0.4 is 0 Å². The normalized spacial score (nSPS) is 13.4. The highest BCUT2D eigenvalue weighted by Gasteiger charge is 2.63. The van der Waals surface area contributed by atoms with Crippen LogP contribution in [0.4, 0.5) is 22.0 Å². The number of hydrogen-bond donors (Lipinski definition) is 0. The molecular formula is C5H3F5N2O. The van der Waals surface area contributed by atoms with E-state index in [9.17, 15) is 22.0 Å². The van der Waals surface area contributed by atoms with Gasteiger partial charge in [-0.15, -0.1) is 0 Å². The highest BCUT2D eigenvalue weighted by Crippen LogP contribution is 2.42. The molecule has 0 atom stereocenters. The van der Waals surface area contributed by atoms with Gasteiger partial charge in [-0.25, -0.2) is 0 Å². The van der Waals surface area contributed by atoms with Crippen LogP contribution >= 0.6 is 0 Å². The molecule has 0 saturated carbocycles. The molecule has 13 heavy (non-hydrogen) atoms. The van der Waals surface area contributed by atoms with Gasteiger partial charge in [0.1, 0.15) is 0 Å². The molecule has 8 heteroatoms. The summed E-state index contributed by atoms with van der Waals surface area (Å²) in [6, 6.07) is 0. The SMILES string of the molecule is Cc1noc(C(F)(F)C(F)(F)F)n1. The molecule has 0 spiro atoms. The van der Waals surface area contributed by atoms with Crippen LogP contribution in [0.1, 0.15) is 11.7 Å². The average Bonchev–Trinajstić information content (AvgIpc) is 2.33. The van der Waals surface area contributed by atoms with Crippen LogP contribution in [0.5, 0.6) is 0 Å². The van der Waals surface area contributed by atoms with Crippen molar-refractivity contribution >= 4 is 0 Å². The monoisotopic (exact) mass is 202 g/mol. The number of aromatic nitrogens is 2. The maximum absolute atomic E-state index is 12.4. The summed E-state index contributed by atoms with van der Waals surface area (Å²) in [6.45, 7) is 1.14. The van der Waals surface area contributed by atoms with Gasteiger partial charge in [0.25, 0.3) is 0 Å². The Morgan fingerprint density at radius 2 is 1.69 bits per heavy atom. The van der Waals surface area contributed by atoms with Gasteiger partial charge in [0.05, 0.1) is 0 Å². The highest BCUT2D eigenvalue weighted by molar-refractivity contribution is 4.96. The van der Waals surface area contributed by atoms with Gasteiger partial charge in [-0.05, 0) is 6.92 Å². The molecule has 0 fully saturated rings. The first-order valence-electron chi connectivity index (χ1n) is 3.00. The van der Waals surface area contributed by atoms with Crippen molar-refractivity contribution in [3.63, 3.8) is 0 Å². The first kappa shape index (κ1) is 9.87. The zero-order valence-corrected chi connectivity index (χ0v) is 6.19. The van der Waals surface area contributed by atoms with Crippen molar-refractivity contribution in [2.45, 2.75) is 19.0 Å². The molecule has 0 aliphatic heterocycles. The second kappa shape index (κ2) is 2.64. The van der Waals surface area contributed by atoms with E-state index in [-0.39, 0.29) is 5.82 Å². The summed E-state index contributed by atoms with van der Waals surface area (Å²) in [4.78, 5) is 2.80. The lowest BCUT2D eigenvalue weighted by atomic mass is 10.3. The fourth-order valence-electron chi connectivity index (χ4n) is 0.546. The molecule has 0 unspecified atom stereocenters. The third-order valence-electron chi connectivity index (χ3n) is 1.15. The largest absolute Gasteiger partial charge is 0.463 e. The summed E-state index contributed by atoms with van der Waals surface area (Å²) in [6.07, 6.45) is -5.72. The zero-order chi connectivity index (χ0) is 10.3. The zero-order valence-electron chi connectivity index (χ0n) is 6.19. The van der Waals surface area contributed by atoms with Crippen molar-refractivity contribution in [1.29, 1.82) is 0 Å². The van der Waals surface area contributed by atoms with Gasteiger partial charge in [-0.2, -0.15) is 26.9 Å². The first-order chi connectivity index (χ1) is 5.75. The number of aryl methyl sites for hydroxylation is 1. The lowest BCUT2D eigenvalue weighted by molar-refractivity contribution is -0.298. The Morgan fingerprint density at radius 1 is 1.15 bits per heavy atom. The van der Waals surface area contributed by atoms with Crippen LogP contribution in [0.15, 0.2) is 4.52 Å². The molecule has 0 aliphatic rings. The van der Waals surface area contributed by atoms with E-state index in [1.807, 2.05) is 0 Å². The Labute approximate surface area is 68.5 Å². The highest BCUT2D eigenvalue weighted by atomic mass is 19.4. The minimum Gasteiger partial charge on any atom is -0.332 e. The fraction of sp³-hybridized carbons (Fsp3) is 0.600. The van der Waals surface area contributed by atoms with Gasteiger partial charge >= 0.3 is 18.0 Å². The lowest BCUT2D eigenvalue weighted by Crippen LogP contribution is -2.33. The third-order valence-corrected chi connectivity index (χ3v) is 1.15. The molecule has 0 bridgehead atoms. The summed E-state index contributed by atoms with van der Waals surface area (Å²) in [7, 11) is 0. The van der Waals surface area contributed by atoms with Crippen LogP contribution in [0.25, 0.3) is 0 Å². The molecule has 0 aromatic carbocycles. The van der Waals surface area contributed by atoms with E-state index in [0.29, 0.717) is 0 Å². The second-order valence-electron chi connectivity index (χ2n) is 2.22. The van der Waals surface area contributed by atoms with E-state index < -0.39 is 18.0 Å². The summed E-state index contributed by atoms with van der Waals surface area (Å²) in [5, 5.41) is 2.83. The average molecular weight is 202 g/mol. The van der Waals surface area contributed by atoms with Crippen molar-refractivity contribution in [2.24, 2.45) is 0 Å². The van der Waals surface area contributed by atoms with E-state index >= 15 is 0 Å². The molecular weight excluding hydrogens is 199 g/mol. The summed E-state index contributed by atoms with van der Waals surface area (Å²) < 4.78 is 63.4. The smallest absolute Gasteiger partial charge is 0.332 e. The van der Waals surface area contributed by atoms with Crippen LogP contribution in [0, 0.1) is 6.92 Å². The summed E-state index contributed by atoms with van der Waals surface area (Å²) in [5.41, 5.74) is 0. The Bertz CT molecular complexity index is 304. The predicted octanol–water partition coefficient (Wildman–Crippen LogP) is 2.03. The number of alkyl halides is 5. The Kier molecular flexibility index (Phi) is 2.01. The van der Waals surface area contributed by atoms with Gasteiger partial charge in [0, 0.05) is 0 Å². The predicted molar refractivity (Wildman–Crippen MR) is 29.0 cm³/mol. The quantitative estimate of drug-likeness (QED) is 0.654. The maximum atomic E-state index is 12.4. The number of halogens is 5. The molecule has 1 aromatic rings. The van der Waals surface area contributed by atoms with Gasteiger partial charge in [-0.3, -0.25) is 0 Å². The van der Waals surface area contributed by atoms with Crippen LogP contribution in [0.2, 0.25) is 0 Å². The van der Waals surface area contributed by atoms with Crippen molar-refractivity contribution in [3.05, 3.63) is 11.7 Å². The van der Waals surface area contributed by atoms with Gasteiger partial charge in [0.2, 0.25) is 0 Å². The van der Waals surface area contributed by atoms with E-state index in [4.69, 9.17) is 0 Å². The number of hydrogen-bond acceptors (Lipinski definition) is 3.